The molecule has 0 saturated heterocycles. The van der Waals surface area contributed by atoms with E-state index in [1.165, 1.54) is 0 Å². The van der Waals surface area contributed by atoms with Crippen molar-refractivity contribution in [2.24, 2.45) is 0 Å². The second-order valence-electron chi connectivity index (χ2n) is 3.21. The zero-order valence-corrected chi connectivity index (χ0v) is 10.3. The molecular formula is C7H5F9O4S. The molecule has 0 aliphatic carbocycles. The molecule has 0 aromatic carbocycles. The summed E-state index contributed by atoms with van der Waals surface area (Å²) in [6, 6.07) is 0. The van der Waals surface area contributed by atoms with Gasteiger partial charge in [-0.05, 0) is 0 Å². The van der Waals surface area contributed by atoms with Gasteiger partial charge in [0.05, 0.1) is 6.61 Å². The molecule has 0 aromatic heterocycles. The molecule has 126 valence electrons. The molecule has 0 amide bonds. The normalized spacial score (nSPS) is 15.1. The third-order valence-corrected chi connectivity index (χ3v) is 2.47. The van der Waals surface area contributed by atoms with Gasteiger partial charge in [-0.2, -0.15) is 43.5 Å². The van der Waals surface area contributed by atoms with Crippen LogP contribution in [0.5, 0.6) is 0 Å². The lowest BCUT2D eigenvalue weighted by Crippen LogP contribution is -2.55. The van der Waals surface area contributed by atoms with Crippen LogP contribution in [0.2, 0.25) is 0 Å². The van der Waals surface area contributed by atoms with E-state index in [0.717, 1.165) is 0 Å². The molecule has 0 aliphatic rings. The van der Waals surface area contributed by atoms with Crippen molar-refractivity contribution >= 4 is 10.2 Å². The summed E-state index contributed by atoms with van der Waals surface area (Å²) in [4.78, 5) is 0. The van der Waals surface area contributed by atoms with Gasteiger partial charge in [-0.25, -0.2) is 4.74 Å². The molecule has 4 nitrogen and oxygen atoms in total. The molecular weight excluding hydrogens is 351 g/mol. The topological polar surface area (TPSA) is 52.6 Å². The molecule has 14 heteroatoms. The first-order valence-corrected chi connectivity index (χ1v) is 5.80. The first-order valence-electron chi connectivity index (χ1n) is 4.42. The standard InChI is InChI=1S/C7H5F9O4S/c1-2-3-19-4(8,9)5(10,11)20-6(12,13)7(14,15)21(16,17)18/h2H,1,3H2. The highest BCUT2D eigenvalue weighted by atomic mass is 32.3. The molecule has 0 heterocycles. The van der Waals surface area contributed by atoms with Crippen molar-refractivity contribution in [3.05, 3.63) is 12.7 Å². The van der Waals surface area contributed by atoms with E-state index in [0.29, 0.717) is 6.08 Å². The van der Waals surface area contributed by atoms with E-state index in [9.17, 15) is 47.4 Å². The molecule has 0 unspecified atom stereocenters. The number of alkyl halides is 8. The third-order valence-electron chi connectivity index (χ3n) is 1.62. The molecule has 0 radical (unpaired) electrons. The zero-order chi connectivity index (χ0) is 17.3. The Hall–Kier alpha value is -1.02. The zero-order valence-electron chi connectivity index (χ0n) is 9.43. The fourth-order valence-electron chi connectivity index (χ4n) is 0.669. The van der Waals surface area contributed by atoms with E-state index >= 15 is 0 Å². The first kappa shape index (κ1) is 20.0. The van der Waals surface area contributed by atoms with Gasteiger partial charge in [0.15, 0.2) is 0 Å². The van der Waals surface area contributed by atoms with E-state index in [2.05, 4.69) is 11.3 Å². The van der Waals surface area contributed by atoms with Gasteiger partial charge in [0.2, 0.25) is 0 Å². The summed E-state index contributed by atoms with van der Waals surface area (Å²) in [6.45, 7) is 1.43. The van der Waals surface area contributed by atoms with Crippen LogP contribution in [-0.4, -0.2) is 38.6 Å². The Balaban J connectivity index is 5.47. The molecule has 0 rings (SSSR count). The third kappa shape index (κ3) is 4.00. The Morgan fingerprint density at radius 3 is 1.67 bits per heavy atom. The number of hydrogen-bond donors (Lipinski definition) is 0. The van der Waals surface area contributed by atoms with Gasteiger partial charge in [-0.3, -0.25) is 0 Å². The van der Waals surface area contributed by atoms with Crippen molar-refractivity contribution < 1.29 is 56.9 Å². The predicted octanol–water partition coefficient (Wildman–Crippen LogP) is 2.88. The highest BCUT2D eigenvalue weighted by Crippen LogP contribution is 2.47. The van der Waals surface area contributed by atoms with Crippen LogP contribution >= 0.6 is 0 Å². The molecule has 0 aromatic rings. The second-order valence-corrected chi connectivity index (χ2v) is 4.60. The minimum Gasteiger partial charge on any atom is -0.309 e. The molecule has 0 bridgehead atoms. The summed E-state index contributed by atoms with van der Waals surface area (Å²) in [7, 11) is -7.44. The van der Waals surface area contributed by atoms with Crippen LogP contribution in [0.1, 0.15) is 0 Å². The average Bonchev–Trinajstić information content (AvgIpc) is 2.22. The molecule has 0 atom stereocenters. The van der Waals surface area contributed by atoms with Crippen LogP contribution < -0.4 is 0 Å². The van der Waals surface area contributed by atoms with Crippen molar-refractivity contribution in [2.45, 2.75) is 23.6 Å². The fourth-order valence-corrected chi connectivity index (χ4v) is 0.995. The van der Waals surface area contributed by atoms with E-state index < -0.39 is 40.4 Å². The van der Waals surface area contributed by atoms with Crippen molar-refractivity contribution in [3.63, 3.8) is 0 Å². The molecule has 0 fully saturated rings. The monoisotopic (exact) mass is 356 g/mol. The highest BCUT2D eigenvalue weighted by Gasteiger charge is 2.75. The van der Waals surface area contributed by atoms with Gasteiger partial charge in [-0.15, -0.1) is 6.58 Å². The van der Waals surface area contributed by atoms with Crippen molar-refractivity contribution in [1.82, 2.24) is 0 Å². The highest BCUT2D eigenvalue weighted by molar-refractivity contribution is 7.87. The Kier molecular flexibility index (Phi) is 5.37. The van der Waals surface area contributed by atoms with Gasteiger partial charge in [0, 0.05) is 0 Å². The summed E-state index contributed by atoms with van der Waals surface area (Å²) < 4.78 is 137. The molecule has 0 spiro atoms. The quantitative estimate of drug-likeness (QED) is 0.381. The Morgan fingerprint density at radius 1 is 0.905 bits per heavy atom. The maximum atomic E-state index is 12.7. The van der Waals surface area contributed by atoms with Crippen molar-refractivity contribution in [3.8, 4) is 0 Å². The summed E-state index contributed by atoms with van der Waals surface area (Å²) in [5.74, 6) is 0. The van der Waals surface area contributed by atoms with Crippen LogP contribution in [0, 0.1) is 0 Å². The maximum absolute atomic E-state index is 12.7. The first-order chi connectivity index (χ1) is 9.02. The predicted molar refractivity (Wildman–Crippen MR) is 47.0 cm³/mol. The SMILES string of the molecule is C=CCOC(F)(F)C(F)(F)OC(F)(F)C(F)(F)S(=O)(=O)F. The lowest BCUT2D eigenvalue weighted by atomic mass is 10.5. The fraction of sp³-hybridized carbons (Fsp3) is 0.714. The van der Waals surface area contributed by atoms with Crippen molar-refractivity contribution in [1.29, 1.82) is 0 Å². The minimum absolute atomic E-state index is 0.475. The summed E-state index contributed by atoms with van der Waals surface area (Å²) in [5, 5.41) is -6.84. The van der Waals surface area contributed by atoms with Crippen molar-refractivity contribution in [2.75, 3.05) is 6.61 Å². The summed E-state index contributed by atoms with van der Waals surface area (Å²) >= 11 is 0. The number of hydrogen-bond acceptors (Lipinski definition) is 4. The van der Waals surface area contributed by atoms with Gasteiger partial charge >= 0.3 is 33.8 Å². The van der Waals surface area contributed by atoms with E-state index in [1.807, 2.05) is 4.74 Å². The maximum Gasteiger partial charge on any atom is 0.464 e. The number of ether oxygens (including phenoxy) is 2. The number of rotatable bonds is 8. The average molecular weight is 356 g/mol. The lowest BCUT2D eigenvalue weighted by Gasteiger charge is -2.30. The van der Waals surface area contributed by atoms with Crippen LogP contribution in [-0.2, 0) is 19.7 Å². The second kappa shape index (κ2) is 5.64. The summed E-state index contributed by atoms with van der Waals surface area (Å²) in [5.41, 5.74) is 0. The Bertz CT molecular complexity index is 486. The molecule has 0 N–H and O–H groups in total. The smallest absolute Gasteiger partial charge is 0.309 e. The molecule has 0 aliphatic heterocycles. The minimum atomic E-state index is -7.44. The van der Waals surface area contributed by atoms with Crippen LogP contribution in [0.3, 0.4) is 0 Å². The summed E-state index contributed by atoms with van der Waals surface area (Å²) in [6.07, 6.45) is -18.6. The van der Waals surface area contributed by atoms with Gasteiger partial charge < -0.3 is 4.74 Å². The van der Waals surface area contributed by atoms with Gasteiger partial charge in [0.1, 0.15) is 0 Å². The van der Waals surface area contributed by atoms with Gasteiger partial charge in [-0.1, -0.05) is 9.96 Å². The molecule has 21 heavy (non-hydrogen) atoms. The van der Waals surface area contributed by atoms with Crippen LogP contribution in [0.4, 0.5) is 39.0 Å². The van der Waals surface area contributed by atoms with E-state index in [4.69, 9.17) is 0 Å². The Morgan fingerprint density at radius 2 is 1.33 bits per heavy atom. The Labute approximate surface area is 111 Å². The van der Waals surface area contributed by atoms with Crippen LogP contribution in [0.15, 0.2) is 12.7 Å². The van der Waals surface area contributed by atoms with E-state index in [1.54, 1.807) is 0 Å². The molecule has 0 saturated carbocycles. The lowest BCUT2D eigenvalue weighted by molar-refractivity contribution is -0.495. The van der Waals surface area contributed by atoms with Crippen LogP contribution in [0.25, 0.3) is 0 Å². The van der Waals surface area contributed by atoms with Gasteiger partial charge in [0.25, 0.3) is 0 Å². The number of halogens is 9. The largest absolute Gasteiger partial charge is 0.464 e. The van der Waals surface area contributed by atoms with E-state index in [-0.39, 0.29) is 0 Å².